The van der Waals surface area contributed by atoms with Crippen LogP contribution in [0.5, 0.6) is 0 Å². The van der Waals surface area contributed by atoms with Crippen molar-refractivity contribution >= 4 is 19.8 Å². The Kier molecular flexibility index (Phi) is 10.7. The summed E-state index contributed by atoms with van der Waals surface area (Å²) in [7, 11) is 0. The van der Waals surface area contributed by atoms with Crippen LogP contribution in [0.3, 0.4) is 0 Å². The van der Waals surface area contributed by atoms with Crippen LogP contribution in [0, 0.1) is 17.3 Å². The zero-order valence-corrected chi connectivity index (χ0v) is 24.5. The van der Waals surface area contributed by atoms with Gasteiger partial charge >= 0.3 is 171 Å². The second-order valence-electron chi connectivity index (χ2n) is 10.8. The summed E-state index contributed by atoms with van der Waals surface area (Å²) in [6.45, 7) is 23.1. The molecule has 1 saturated carbocycles. The molecule has 2 nitrogen and oxygen atoms in total. The zero-order chi connectivity index (χ0) is 23.4. The van der Waals surface area contributed by atoms with Crippen LogP contribution in [0.2, 0.25) is 0 Å². The van der Waals surface area contributed by atoms with Gasteiger partial charge in [-0.05, 0) is 0 Å². The molecule has 4 N–H and O–H groups in total. The van der Waals surface area contributed by atoms with Crippen molar-refractivity contribution in [3.8, 4) is 0 Å². The first kappa shape index (κ1) is 28.7. The fourth-order valence-electron chi connectivity index (χ4n) is 6.58. The molecule has 7 atom stereocenters. The van der Waals surface area contributed by atoms with Crippen molar-refractivity contribution in [1.29, 1.82) is 0 Å². The molecule has 0 aromatic carbocycles. The molecule has 0 aromatic heterocycles. The number of fused-ring (bicyclic) bond motifs is 3. The Balaban J connectivity index is 0.00000106. The fraction of sp³-hybridized carbons (Fsp3) is 1.00. The van der Waals surface area contributed by atoms with Crippen molar-refractivity contribution in [3.63, 3.8) is 0 Å². The van der Waals surface area contributed by atoms with Gasteiger partial charge in [0.1, 0.15) is 0 Å². The summed E-state index contributed by atoms with van der Waals surface area (Å²) in [5.74, 6) is 1.53. The molecular formula is C27H57IN2. The zero-order valence-electron chi connectivity index (χ0n) is 22.3. The maximum atomic E-state index is 7.18. The molecular weight excluding hydrogens is 479 g/mol. The molecule has 3 aliphatic rings. The van der Waals surface area contributed by atoms with E-state index in [4.69, 9.17) is 11.5 Å². The molecule has 3 rings (SSSR count). The quantitative estimate of drug-likeness (QED) is 0.283. The molecule has 2 aliphatic heterocycles. The van der Waals surface area contributed by atoms with Gasteiger partial charge in [-0.2, -0.15) is 0 Å². The summed E-state index contributed by atoms with van der Waals surface area (Å²) in [5, 5.41) is 0. The van der Waals surface area contributed by atoms with Gasteiger partial charge in [0.2, 0.25) is 0 Å². The Morgan fingerprint density at radius 2 is 1.50 bits per heavy atom. The normalized spacial score (nSPS) is 43.6. The number of alkyl halides is 3. The van der Waals surface area contributed by atoms with E-state index < -0.39 is 19.8 Å². The van der Waals surface area contributed by atoms with Gasteiger partial charge in [-0.25, -0.2) is 0 Å². The average Bonchev–Trinajstić information content (AvgIpc) is 2.73. The van der Waals surface area contributed by atoms with Crippen LogP contribution < -0.4 is 11.5 Å². The third-order valence-corrected chi connectivity index (χ3v) is 20.4. The van der Waals surface area contributed by atoms with Crippen LogP contribution >= 0.6 is 19.8 Å². The van der Waals surface area contributed by atoms with Crippen LogP contribution in [-0.4, -0.2) is 22.9 Å². The fourth-order valence-corrected chi connectivity index (χ4v) is 19.0. The van der Waals surface area contributed by atoms with Crippen LogP contribution in [0.15, 0.2) is 0 Å². The van der Waals surface area contributed by atoms with Crippen LogP contribution in [0.4, 0.5) is 0 Å². The topological polar surface area (TPSA) is 52.0 Å². The Hall–Kier alpha value is 0.650. The minimum atomic E-state index is -1.18. The SMILES string of the molecule is CC.CC.CC(CC[C@]1(C)[C@H](C)CC[C@@]2(C)I1CCC1(N)CCCCC12C)[C@H](C)N. The van der Waals surface area contributed by atoms with Gasteiger partial charge in [0.15, 0.2) is 0 Å². The van der Waals surface area contributed by atoms with Gasteiger partial charge in [-0.1, -0.05) is 27.7 Å². The standard InChI is InChI=1S/C23H45IN2.2C2H6/c1-17(19(3)25)9-13-20(4)18(2)10-14-22(6)21(5)11-7-8-12-23(21,26)15-16-24(20)22;2*1-2/h17-19H,7-16,25-26H2,1-6H3;2*1-2H3/t17?,18-,19+,20-,21?,22-,23?;;/m1../s1. The maximum absolute atomic E-state index is 7.18. The summed E-state index contributed by atoms with van der Waals surface area (Å²) in [6, 6.07) is 0.326. The summed E-state index contributed by atoms with van der Waals surface area (Å²) < 4.78 is 2.66. The number of halogens is 1. The van der Waals surface area contributed by atoms with Crippen molar-refractivity contribution in [3.05, 3.63) is 0 Å². The molecule has 2 saturated heterocycles. The Bertz CT molecular complexity index is 523. The summed E-state index contributed by atoms with van der Waals surface area (Å²) in [5.41, 5.74) is 13.9. The van der Waals surface area contributed by atoms with E-state index in [1.165, 1.54) is 62.2 Å². The third kappa shape index (κ3) is 4.79. The van der Waals surface area contributed by atoms with Crippen LogP contribution in [0.25, 0.3) is 0 Å². The summed E-state index contributed by atoms with van der Waals surface area (Å²) in [6.07, 6.45) is 12.3. The number of hydrogen-bond acceptors (Lipinski definition) is 2. The molecule has 0 bridgehead atoms. The molecule has 3 heteroatoms. The number of nitrogens with two attached hydrogens (primary N) is 2. The molecule has 0 spiro atoms. The first-order valence-electron chi connectivity index (χ1n) is 13.2. The summed E-state index contributed by atoms with van der Waals surface area (Å²) >= 11 is -1.18. The molecule has 30 heavy (non-hydrogen) atoms. The van der Waals surface area contributed by atoms with Crippen LogP contribution in [-0.2, 0) is 0 Å². The first-order valence-corrected chi connectivity index (χ1v) is 16.9. The van der Waals surface area contributed by atoms with Gasteiger partial charge in [0.25, 0.3) is 0 Å². The molecule has 182 valence electrons. The van der Waals surface area contributed by atoms with E-state index in [2.05, 4.69) is 41.5 Å². The van der Waals surface area contributed by atoms with Gasteiger partial charge in [0.05, 0.1) is 0 Å². The van der Waals surface area contributed by atoms with Gasteiger partial charge in [0, 0.05) is 0 Å². The van der Waals surface area contributed by atoms with Crippen molar-refractivity contribution in [1.82, 2.24) is 0 Å². The molecule has 2 heterocycles. The Morgan fingerprint density at radius 1 is 0.933 bits per heavy atom. The molecule has 0 amide bonds. The molecule has 3 fully saturated rings. The summed E-state index contributed by atoms with van der Waals surface area (Å²) in [4.78, 5) is 0. The number of hydrogen-bond donors (Lipinski definition) is 2. The first-order chi connectivity index (χ1) is 14.0. The Morgan fingerprint density at radius 3 is 2.07 bits per heavy atom. The van der Waals surface area contributed by atoms with E-state index in [0.717, 1.165) is 5.92 Å². The van der Waals surface area contributed by atoms with E-state index >= 15 is 0 Å². The van der Waals surface area contributed by atoms with E-state index in [-0.39, 0.29) is 5.54 Å². The molecule has 0 aromatic rings. The van der Waals surface area contributed by atoms with Gasteiger partial charge < -0.3 is 0 Å². The van der Waals surface area contributed by atoms with Crippen LogP contribution in [0.1, 0.15) is 127 Å². The van der Waals surface area contributed by atoms with Crippen molar-refractivity contribution < 1.29 is 0 Å². The van der Waals surface area contributed by atoms with Gasteiger partial charge in [-0.3, -0.25) is 0 Å². The average molecular weight is 537 g/mol. The van der Waals surface area contributed by atoms with Gasteiger partial charge in [-0.15, -0.1) is 0 Å². The molecule has 1 aliphatic carbocycles. The van der Waals surface area contributed by atoms with E-state index in [1.54, 1.807) is 0 Å². The van der Waals surface area contributed by atoms with E-state index in [0.29, 0.717) is 24.2 Å². The van der Waals surface area contributed by atoms with Crippen molar-refractivity contribution in [2.24, 2.45) is 28.7 Å². The van der Waals surface area contributed by atoms with E-state index in [1.807, 2.05) is 27.7 Å². The van der Waals surface area contributed by atoms with Crippen molar-refractivity contribution in [2.75, 3.05) is 4.43 Å². The third-order valence-electron chi connectivity index (χ3n) is 9.61. The Labute approximate surface area is 197 Å². The predicted molar refractivity (Wildman–Crippen MR) is 147 cm³/mol. The predicted octanol–water partition coefficient (Wildman–Crippen LogP) is 7.94. The van der Waals surface area contributed by atoms with E-state index in [9.17, 15) is 0 Å². The second kappa shape index (κ2) is 11.2. The monoisotopic (exact) mass is 536 g/mol. The molecule has 0 radical (unpaired) electrons. The molecule has 3 unspecified atom stereocenters. The minimum absolute atomic E-state index is 0.120. The second-order valence-corrected chi connectivity index (χ2v) is 18.8. The van der Waals surface area contributed by atoms with Crippen molar-refractivity contribution in [2.45, 2.75) is 145 Å². The number of rotatable bonds is 4.